The van der Waals surface area contributed by atoms with E-state index < -0.39 is 5.97 Å². The highest BCUT2D eigenvalue weighted by Crippen LogP contribution is 2.17. The van der Waals surface area contributed by atoms with Crippen molar-refractivity contribution in [3.8, 4) is 5.75 Å². The molecule has 0 amide bonds. The third-order valence-corrected chi connectivity index (χ3v) is 1.91. The minimum Gasteiger partial charge on any atom is -0.496 e. The third kappa shape index (κ3) is 2.36. The van der Waals surface area contributed by atoms with Crippen molar-refractivity contribution in [3.63, 3.8) is 0 Å². The average molecular weight is 288 g/mol. The maximum absolute atomic E-state index is 11.2. The molecule has 66 valence electrons. The molecule has 0 saturated carbocycles. The van der Waals surface area contributed by atoms with Crippen molar-refractivity contribution in [2.45, 2.75) is 0 Å². The zero-order valence-corrected chi connectivity index (χ0v) is 9.07. The molecule has 0 atom stereocenters. The molecule has 0 aromatic heterocycles. The van der Waals surface area contributed by atoms with Crippen LogP contribution in [0.5, 0.6) is 5.75 Å². The van der Waals surface area contributed by atoms with Gasteiger partial charge in [-0.15, -0.1) is 0 Å². The zero-order chi connectivity index (χ0) is 9.84. The van der Waals surface area contributed by atoms with Gasteiger partial charge < -0.3 is 7.80 Å². The van der Waals surface area contributed by atoms with Crippen molar-refractivity contribution in [2.75, 3.05) is 7.11 Å². The van der Waals surface area contributed by atoms with Crippen LogP contribution in [0.3, 0.4) is 0 Å². The highest BCUT2D eigenvalue weighted by atomic mass is 127. The Balaban J connectivity index is 3.15. The number of ether oxygens (including phenoxy) is 1. The molecule has 0 N–H and O–H groups in total. The quantitative estimate of drug-likeness (QED) is 0.601. The van der Waals surface area contributed by atoms with Gasteiger partial charge in [0.05, 0.1) is 7.11 Å². The summed E-state index contributed by atoms with van der Waals surface area (Å²) in [6.07, 6.45) is 0. The fourth-order valence-electron chi connectivity index (χ4n) is 0.927. The zero-order valence-electron chi connectivity index (χ0n) is 6.91. The number of hydrogen-bond donors (Lipinski definition) is 0. The van der Waals surface area contributed by atoms with Crippen LogP contribution in [0.2, 0.25) is 0 Å². The highest BCUT2D eigenvalue weighted by molar-refractivity contribution is 14.1. The van der Waals surface area contributed by atoms with Crippen molar-refractivity contribution in [2.24, 2.45) is 0 Å². The Morgan fingerprint density at radius 2 is 2.23 bits per heavy atom. The van der Waals surface area contributed by atoms with Crippen LogP contribution < -0.4 is 10.2 Å². The van der Waals surface area contributed by atoms with E-state index in [1.165, 1.54) is 36.2 Å². The summed E-state index contributed by atoms with van der Waals surface area (Å²) in [5.74, 6) is -0.0133. The summed E-state index contributed by atoms with van der Waals surface area (Å²) in [5, 5.41) is 0. The van der Waals surface area contributed by atoms with E-state index in [9.17, 15) is 4.79 Å². The SMILES string of the molecule is [B]c1ccc(OC)c(C(=O)OI)c1. The Morgan fingerprint density at radius 1 is 1.54 bits per heavy atom. The molecule has 0 aliphatic carbocycles. The fraction of sp³-hybridized carbons (Fsp3) is 0.125. The number of methoxy groups -OCH3 is 1. The van der Waals surface area contributed by atoms with Crippen molar-refractivity contribution in [1.29, 1.82) is 0 Å². The normalized spacial score (nSPS) is 9.38. The van der Waals surface area contributed by atoms with Crippen LogP contribution in [-0.4, -0.2) is 20.9 Å². The first-order chi connectivity index (χ1) is 6.19. The first-order valence-electron chi connectivity index (χ1n) is 3.45. The summed E-state index contributed by atoms with van der Waals surface area (Å²) in [6, 6.07) is 4.79. The summed E-state index contributed by atoms with van der Waals surface area (Å²) in [4.78, 5) is 11.2. The summed E-state index contributed by atoms with van der Waals surface area (Å²) in [5.41, 5.74) is 0.828. The van der Waals surface area contributed by atoms with Crippen molar-refractivity contribution in [1.82, 2.24) is 0 Å². The molecule has 3 nitrogen and oxygen atoms in total. The molecule has 1 aromatic rings. The van der Waals surface area contributed by atoms with Crippen LogP contribution in [0.25, 0.3) is 0 Å². The minimum atomic E-state index is -0.468. The molecule has 0 heterocycles. The van der Waals surface area contributed by atoms with Gasteiger partial charge in [0.2, 0.25) is 0 Å². The second kappa shape index (κ2) is 4.50. The van der Waals surface area contributed by atoms with Crippen molar-refractivity contribution in [3.05, 3.63) is 23.8 Å². The van der Waals surface area contributed by atoms with Gasteiger partial charge in [-0.2, -0.15) is 0 Å². The smallest absolute Gasteiger partial charge is 0.351 e. The molecule has 0 spiro atoms. The monoisotopic (exact) mass is 288 g/mol. The van der Waals surface area contributed by atoms with Gasteiger partial charge in [0.25, 0.3) is 0 Å². The molecule has 5 heteroatoms. The van der Waals surface area contributed by atoms with Crippen LogP contribution >= 0.6 is 23.0 Å². The molecule has 0 saturated heterocycles. The van der Waals surface area contributed by atoms with Crippen LogP contribution in [0.1, 0.15) is 10.4 Å². The van der Waals surface area contributed by atoms with Crippen LogP contribution in [0, 0.1) is 0 Å². The van der Waals surface area contributed by atoms with Crippen LogP contribution in [-0.2, 0) is 3.07 Å². The molecule has 0 fully saturated rings. The number of carbonyl (C=O) groups excluding carboxylic acids is 1. The fourth-order valence-corrected chi connectivity index (χ4v) is 1.16. The van der Waals surface area contributed by atoms with E-state index >= 15 is 0 Å². The average Bonchev–Trinajstić information content (AvgIpc) is 2.16. The topological polar surface area (TPSA) is 35.5 Å². The second-order valence-corrected chi connectivity index (χ2v) is 2.76. The first-order valence-corrected chi connectivity index (χ1v) is 4.33. The van der Waals surface area contributed by atoms with Gasteiger partial charge >= 0.3 is 5.97 Å². The van der Waals surface area contributed by atoms with E-state index in [0.717, 1.165) is 0 Å². The lowest BCUT2D eigenvalue weighted by Crippen LogP contribution is -2.09. The van der Waals surface area contributed by atoms with E-state index in [2.05, 4.69) is 3.07 Å². The van der Waals surface area contributed by atoms with Gasteiger partial charge in [0.1, 0.15) is 19.2 Å². The summed E-state index contributed by atoms with van der Waals surface area (Å²) >= 11 is 1.52. The van der Waals surface area contributed by atoms with E-state index in [4.69, 9.17) is 12.6 Å². The molecule has 1 rings (SSSR count). The summed E-state index contributed by atoms with van der Waals surface area (Å²) < 4.78 is 9.49. The lowest BCUT2D eigenvalue weighted by Gasteiger charge is -2.06. The Morgan fingerprint density at radius 3 is 2.77 bits per heavy atom. The molecule has 0 aliphatic heterocycles. The van der Waals surface area contributed by atoms with E-state index in [-0.39, 0.29) is 0 Å². The number of halogens is 1. The highest BCUT2D eigenvalue weighted by Gasteiger charge is 2.12. The minimum absolute atomic E-state index is 0.330. The maximum Gasteiger partial charge on any atom is 0.351 e. The molecular weight excluding hydrogens is 282 g/mol. The van der Waals surface area contributed by atoms with Gasteiger partial charge in [0.15, 0.2) is 23.0 Å². The van der Waals surface area contributed by atoms with Gasteiger partial charge in [-0.05, 0) is 6.07 Å². The Labute approximate surface area is 91.5 Å². The number of rotatable bonds is 2. The van der Waals surface area contributed by atoms with Gasteiger partial charge in [0, 0.05) is 0 Å². The summed E-state index contributed by atoms with van der Waals surface area (Å²) in [7, 11) is 6.99. The van der Waals surface area contributed by atoms with E-state index in [1.807, 2.05) is 0 Å². The first kappa shape index (κ1) is 10.4. The maximum atomic E-state index is 11.2. The third-order valence-electron chi connectivity index (χ3n) is 1.51. The van der Waals surface area contributed by atoms with Gasteiger partial charge in [-0.25, -0.2) is 4.79 Å². The van der Waals surface area contributed by atoms with Crippen molar-refractivity contribution < 1.29 is 12.6 Å². The lowest BCUT2D eigenvalue weighted by molar-refractivity contribution is 0.0797. The molecule has 0 aliphatic rings. The standard InChI is InChI=1S/C8H6BIO3/c1-12-7-3-2-5(9)4-6(7)8(11)13-10/h2-4H,1H3. The molecular formula is C8H6BIO3. The Hall–Kier alpha value is -0.715. The molecule has 2 radical (unpaired) electrons. The molecule has 0 bridgehead atoms. The van der Waals surface area contributed by atoms with Crippen molar-refractivity contribution >= 4 is 42.3 Å². The van der Waals surface area contributed by atoms with Gasteiger partial charge in [-0.1, -0.05) is 17.6 Å². The summed E-state index contributed by atoms with van der Waals surface area (Å²) in [6.45, 7) is 0. The van der Waals surface area contributed by atoms with Crippen LogP contribution in [0.15, 0.2) is 18.2 Å². The molecule has 0 unspecified atom stereocenters. The predicted octanol–water partition coefficient (Wildman–Crippen LogP) is 0.996. The molecule has 1 aromatic carbocycles. The predicted molar refractivity (Wildman–Crippen MR) is 57.8 cm³/mol. The Bertz CT molecular complexity index is 327. The number of hydrogen-bond acceptors (Lipinski definition) is 3. The van der Waals surface area contributed by atoms with E-state index in [1.54, 1.807) is 12.1 Å². The van der Waals surface area contributed by atoms with E-state index in [0.29, 0.717) is 16.8 Å². The Kier molecular flexibility index (Phi) is 3.59. The second-order valence-electron chi connectivity index (χ2n) is 2.32. The number of carbonyl (C=O) groups is 1. The largest absolute Gasteiger partial charge is 0.496 e. The van der Waals surface area contributed by atoms with Gasteiger partial charge in [-0.3, -0.25) is 0 Å². The van der Waals surface area contributed by atoms with Crippen LogP contribution in [0.4, 0.5) is 0 Å². The lowest BCUT2D eigenvalue weighted by atomic mass is 9.94. The molecule has 13 heavy (non-hydrogen) atoms. The number of benzene rings is 1.